The number of fused-ring (bicyclic) bond motifs is 1. The van der Waals surface area contributed by atoms with Gasteiger partial charge in [-0.2, -0.15) is 24.9 Å². The first kappa shape index (κ1) is 23.8. The quantitative estimate of drug-likeness (QED) is 0.597. The minimum absolute atomic E-state index is 0.0773. The van der Waals surface area contributed by atoms with E-state index in [2.05, 4.69) is 11.4 Å². The summed E-state index contributed by atoms with van der Waals surface area (Å²) in [5.41, 5.74) is 3.32. The molecule has 1 N–H and O–H groups in total. The number of carbonyl (C=O) groups is 1. The Balaban J connectivity index is 1.45. The van der Waals surface area contributed by atoms with Crippen LogP contribution in [0.1, 0.15) is 35.6 Å². The molecule has 1 fully saturated rings. The average Bonchev–Trinajstić information content (AvgIpc) is 3.20. The highest BCUT2D eigenvalue weighted by atomic mass is 32.2. The number of amides is 1. The number of benzene rings is 2. The van der Waals surface area contributed by atoms with Crippen LogP contribution in [0.3, 0.4) is 0 Å². The zero-order chi connectivity index (χ0) is 23.6. The maximum atomic E-state index is 14.0. The summed E-state index contributed by atoms with van der Waals surface area (Å²) in [6.07, 6.45) is -1.59. The molecule has 1 aliphatic heterocycles. The molecular formula is C25H29F3N2O2S. The van der Waals surface area contributed by atoms with Gasteiger partial charge in [0.05, 0.1) is 7.11 Å². The number of carbonyl (C=O) groups excluding carboxylic acids is 1. The van der Waals surface area contributed by atoms with Gasteiger partial charge >= 0.3 is 6.18 Å². The third kappa shape index (κ3) is 5.42. The topological polar surface area (TPSA) is 41.6 Å². The molecule has 4 rings (SSSR count). The van der Waals surface area contributed by atoms with E-state index in [0.717, 1.165) is 40.7 Å². The Kier molecular flexibility index (Phi) is 7.12. The van der Waals surface area contributed by atoms with Gasteiger partial charge in [0.2, 0.25) is 5.91 Å². The number of alkyl halides is 3. The van der Waals surface area contributed by atoms with Crippen molar-refractivity contribution < 1.29 is 22.7 Å². The first-order valence-corrected chi connectivity index (χ1v) is 12.3. The molecule has 1 saturated heterocycles. The molecule has 2 unspecified atom stereocenters. The van der Waals surface area contributed by atoms with E-state index < -0.39 is 18.1 Å². The lowest BCUT2D eigenvalue weighted by Crippen LogP contribution is -2.43. The van der Waals surface area contributed by atoms with Crippen molar-refractivity contribution in [1.82, 2.24) is 4.90 Å². The van der Waals surface area contributed by atoms with Crippen molar-refractivity contribution in [3.05, 3.63) is 59.2 Å². The molecule has 2 atom stereocenters. The van der Waals surface area contributed by atoms with Crippen molar-refractivity contribution in [3.63, 3.8) is 0 Å². The van der Waals surface area contributed by atoms with Crippen LogP contribution in [0.5, 0.6) is 5.75 Å². The number of ether oxygens (including phenoxy) is 1. The highest BCUT2D eigenvalue weighted by molar-refractivity contribution is 7.99. The number of anilines is 1. The van der Waals surface area contributed by atoms with Gasteiger partial charge in [0.15, 0.2) is 6.04 Å². The fraction of sp³-hybridized carbons (Fsp3) is 0.480. The zero-order valence-electron chi connectivity index (χ0n) is 18.8. The number of halogens is 3. The molecule has 1 aliphatic carbocycles. The van der Waals surface area contributed by atoms with E-state index in [0.29, 0.717) is 12.8 Å². The van der Waals surface area contributed by atoms with Gasteiger partial charge in [-0.05, 0) is 78.1 Å². The summed E-state index contributed by atoms with van der Waals surface area (Å²) in [6.45, 7) is 0. The van der Waals surface area contributed by atoms with E-state index >= 15 is 0 Å². The van der Waals surface area contributed by atoms with Crippen LogP contribution in [-0.4, -0.2) is 48.7 Å². The van der Waals surface area contributed by atoms with E-state index in [1.54, 1.807) is 31.0 Å². The molecular weight excluding hydrogens is 449 g/mol. The number of thioether (sulfide) groups is 1. The van der Waals surface area contributed by atoms with Crippen LogP contribution in [0.15, 0.2) is 42.5 Å². The molecule has 1 heterocycles. The SMILES string of the molecule is COc1ccc2c(c1)CC(Nc1ccc(C(N(C)C(=O)C3CCSCC3)C(F)(F)F)cc1)C2. The molecule has 2 aromatic rings. The van der Waals surface area contributed by atoms with E-state index in [1.165, 1.54) is 30.3 Å². The van der Waals surface area contributed by atoms with Crippen molar-refractivity contribution >= 4 is 23.4 Å². The van der Waals surface area contributed by atoms with Gasteiger partial charge in [-0.1, -0.05) is 18.2 Å². The molecule has 8 heteroatoms. The second-order valence-electron chi connectivity index (χ2n) is 8.79. The predicted octanol–water partition coefficient (Wildman–Crippen LogP) is 5.48. The van der Waals surface area contributed by atoms with Gasteiger partial charge in [-0.25, -0.2) is 0 Å². The number of hydrogen-bond donors (Lipinski definition) is 1. The fourth-order valence-corrected chi connectivity index (χ4v) is 5.92. The Morgan fingerprint density at radius 3 is 2.39 bits per heavy atom. The summed E-state index contributed by atoms with van der Waals surface area (Å²) >= 11 is 1.74. The third-order valence-electron chi connectivity index (χ3n) is 6.56. The van der Waals surface area contributed by atoms with Crippen molar-refractivity contribution in [1.29, 1.82) is 0 Å². The van der Waals surface area contributed by atoms with Crippen LogP contribution < -0.4 is 10.1 Å². The maximum absolute atomic E-state index is 14.0. The Hall–Kier alpha value is -2.35. The molecule has 2 aliphatic rings. The average molecular weight is 479 g/mol. The highest BCUT2D eigenvalue weighted by Gasteiger charge is 2.46. The molecule has 0 radical (unpaired) electrons. The molecule has 0 spiro atoms. The number of methoxy groups -OCH3 is 1. The molecule has 0 aromatic heterocycles. The normalized spacial score (nSPS) is 19.6. The summed E-state index contributed by atoms with van der Waals surface area (Å²) in [5.74, 6) is 1.71. The van der Waals surface area contributed by atoms with Gasteiger partial charge in [0, 0.05) is 24.7 Å². The van der Waals surface area contributed by atoms with Crippen molar-refractivity contribution in [2.45, 2.75) is 43.9 Å². The van der Waals surface area contributed by atoms with E-state index in [-0.39, 0.29) is 17.5 Å². The van der Waals surface area contributed by atoms with Gasteiger partial charge < -0.3 is 15.0 Å². The van der Waals surface area contributed by atoms with Gasteiger partial charge in [0.25, 0.3) is 0 Å². The van der Waals surface area contributed by atoms with Crippen molar-refractivity contribution in [2.75, 3.05) is 31.0 Å². The van der Waals surface area contributed by atoms with E-state index in [9.17, 15) is 18.0 Å². The van der Waals surface area contributed by atoms with Gasteiger partial charge in [0.1, 0.15) is 5.75 Å². The number of nitrogens with zero attached hydrogens (tertiary/aromatic N) is 1. The van der Waals surface area contributed by atoms with Crippen molar-refractivity contribution in [3.8, 4) is 5.75 Å². The largest absolute Gasteiger partial charge is 0.497 e. The molecule has 1 amide bonds. The Morgan fingerprint density at radius 2 is 1.76 bits per heavy atom. The lowest BCUT2D eigenvalue weighted by atomic mass is 9.98. The predicted molar refractivity (Wildman–Crippen MR) is 126 cm³/mol. The second kappa shape index (κ2) is 9.87. The Bertz CT molecular complexity index is 975. The third-order valence-corrected chi connectivity index (χ3v) is 7.61. The van der Waals surface area contributed by atoms with Crippen LogP contribution in [0.4, 0.5) is 18.9 Å². The standard InChI is InChI=1S/C25H29F3N2O2S/c1-30(24(31)17-9-11-33-12-10-17)23(25(26,27)28)16-3-6-20(7-4-16)29-21-13-18-5-8-22(32-2)15-19(18)14-21/h3-8,15,17,21,23,29H,9-14H2,1-2H3. The van der Waals surface area contributed by atoms with Gasteiger partial charge in [-0.15, -0.1) is 0 Å². The molecule has 0 saturated carbocycles. The van der Waals surface area contributed by atoms with Crippen LogP contribution in [-0.2, 0) is 17.6 Å². The van der Waals surface area contributed by atoms with E-state index in [4.69, 9.17) is 4.74 Å². The van der Waals surface area contributed by atoms with Crippen LogP contribution in [0.25, 0.3) is 0 Å². The number of nitrogens with one attached hydrogen (secondary N) is 1. The molecule has 33 heavy (non-hydrogen) atoms. The van der Waals surface area contributed by atoms with Crippen LogP contribution in [0.2, 0.25) is 0 Å². The smallest absolute Gasteiger partial charge is 0.413 e. The van der Waals surface area contributed by atoms with Crippen molar-refractivity contribution in [2.24, 2.45) is 5.92 Å². The summed E-state index contributed by atoms with van der Waals surface area (Å²) in [4.78, 5) is 13.7. The maximum Gasteiger partial charge on any atom is 0.413 e. The number of hydrogen-bond acceptors (Lipinski definition) is 4. The minimum atomic E-state index is -4.55. The molecule has 4 nitrogen and oxygen atoms in total. The Labute approximate surface area is 196 Å². The van der Waals surface area contributed by atoms with E-state index in [1.807, 2.05) is 12.1 Å². The summed E-state index contributed by atoms with van der Waals surface area (Å²) in [7, 11) is 2.92. The molecule has 0 bridgehead atoms. The number of rotatable bonds is 6. The first-order valence-electron chi connectivity index (χ1n) is 11.2. The minimum Gasteiger partial charge on any atom is -0.497 e. The second-order valence-corrected chi connectivity index (χ2v) is 10.0. The first-order chi connectivity index (χ1) is 15.8. The zero-order valence-corrected chi connectivity index (χ0v) is 19.6. The monoisotopic (exact) mass is 478 g/mol. The van der Waals surface area contributed by atoms with Gasteiger partial charge in [-0.3, -0.25) is 4.79 Å². The summed E-state index contributed by atoms with van der Waals surface area (Å²) in [5, 5.41) is 3.43. The molecule has 2 aromatic carbocycles. The summed E-state index contributed by atoms with van der Waals surface area (Å²) in [6, 6.07) is 10.6. The fourth-order valence-electron chi connectivity index (χ4n) is 4.81. The Morgan fingerprint density at radius 1 is 1.09 bits per heavy atom. The van der Waals surface area contributed by atoms with Crippen LogP contribution in [0, 0.1) is 5.92 Å². The highest BCUT2D eigenvalue weighted by Crippen LogP contribution is 2.39. The lowest BCUT2D eigenvalue weighted by Gasteiger charge is -2.34. The summed E-state index contributed by atoms with van der Waals surface area (Å²) < 4.78 is 47.3. The lowest BCUT2D eigenvalue weighted by molar-refractivity contribution is -0.190. The van der Waals surface area contributed by atoms with Crippen LogP contribution >= 0.6 is 11.8 Å². The molecule has 178 valence electrons.